The average Bonchev–Trinajstić information content (AvgIpc) is 2.98. The van der Waals surface area contributed by atoms with E-state index < -0.39 is 10.0 Å². The van der Waals surface area contributed by atoms with Gasteiger partial charge >= 0.3 is 0 Å². The Hall–Kier alpha value is -3.19. The van der Waals surface area contributed by atoms with E-state index in [0.717, 1.165) is 30.9 Å². The molecule has 0 unspecified atom stereocenters. The third-order valence-corrected chi connectivity index (χ3v) is 8.72. The van der Waals surface area contributed by atoms with Crippen molar-refractivity contribution in [3.8, 4) is 5.75 Å². The van der Waals surface area contributed by atoms with Crippen LogP contribution >= 0.6 is 0 Å². The van der Waals surface area contributed by atoms with Gasteiger partial charge in [0.25, 0.3) is 10.0 Å². The smallest absolute Gasteiger partial charge is 0.261 e. The molecule has 3 aromatic carbocycles. The van der Waals surface area contributed by atoms with Crippen molar-refractivity contribution in [1.82, 2.24) is 0 Å². The normalized spacial score (nSPS) is 11.3. The van der Waals surface area contributed by atoms with Gasteiger partial charge in [0.15, 0.2) is 0 Å². The maximum atomic E-state index is 12.9. The van der Waals surface area contributed by atoms with Gasteiger partial charge in [-0.3, -0.25) is 4.72 Å². The lowest BCUT2D eigenvalue weighted by Gasteiger charge is -2.21. The first-order chi connectivity index (χ1) is 19.9. The van der Waals surface area contributed by atoms with Crippen LogP contribution in [0.2, 0.25) is 0 Å². The number of hydrogen-bond acceptors (Lipinski definition) is 5. The van der Waals surface area contributed by atoms with Crippen molar-refractivity contribution >= 4 is 32.8 Å². The minimum Gasteiger partial charge on any atom is -0.494 e. The summed E-state index contributed by atoms with van der Waals surface area (Å²) in [6.07, 6.45) is 12.8. The maximum Gasteiger partial charge on any atom is 0.261 e. The number of unbranched alkanes of at least 4 members (excludes halogenated alkanes) is 9. The zero-order chi connectivity index (χ0) is 29.3. The highest BCUT2D eigenvalue weighted by molar-refractivity contribution is 7.92. The molecule has 0 atom stereocenters. The van der Waals surface area contributed by atoms with Gasteiger partial charge in [0.1, 0.15) is 5.75 Å². The Bertz CT molecular complexity index is 1220. The van der Waals surface area contributed by atoms with Gasteiger partial charge in [0.05, 0.1) is 11.5 Å². The van der Waals surface area contributed by atoms with Crippen LogP contribution in [0.3, 0.4) is 0 Å². The van der Waals surface area contributed by atoms with Crippen LogP contribution in [0.4, 0.5) is 22.7 Å². The van der Waals surface area contributed by atoms with Crippen LogP contribution in [-0.4, -0.2) is 28.1 Å². The molecule has 0 spiro atoms. The van der Waals surface area contributed by atoms with Gasteiger partial charge in [-0.1, -0.05) is 64.7 Å². The summed E-state index contributed by atoms with van der Waals surface area (Å²) in [5, 5.41) is 3.37. The highest BCUT2D eigenvalue weighted by Gasteiger charge is 2.14. The van der Waals surface area contributed by atoms with Crippen LogP contribution in [0.1, 0.15) is 85.0 Å². The Labute approximate surface area is 248 Å². The Morgan fingerprint density at radius 1 is 0.610 bits per heavy atom. The van der Waals surface area contributed by atoms with Crippen LogP contribution in [0.15, 0.2) is 77.7 Å². The molecule has 0 radical (unpaired) electrons. The highest BCUT2D eigenvalue weighted by Crippen LogP contribution is 2.24. The monoisotopic (exact) mass is 579 g/mol. The molecule has 0 bridgehead atoms. The van der Waals surface area contributed by atoms with E-state index in [9.17, 15) is 8.42 Å². The molecule has 0 aliphatic carbocycles. The Balaban J connectivity index is 1.39. The van der Waals surface area contributed by atoms with Crippen LogP contribution in [-0.2, 0) is 10.0 Å². The van der Waals surface area contributed by atoms with E-state index in [1.807, 2.05) is 12.1 Å². The molecular formula is C34H49N3O3S. The topological polar surface area (TPSA) is 70.7 Å². The molecule has 224 valence electrons. The number of nitrogens with zero attached hydrogens (tertiary/aromatic N) is 1. The number of hydrogen-bond donors (Lipinski definition) is 2. The first-order valence-corrected chi connectivity index (χ1v) is 16.9. The second-order valence-corrected chi connectivity index (χ2v) is 12.2. The summed E-state index contributed by atoms with van der Waals surface area (Å²) in [4.78, 5) is 2.50. The predicted molar refractivity (Wildman–Crippen MR) is 174 cm³/mol. The van der Waals surface area contributed by atoms with E-state index in [4.69, 9.17) is 4.74 Å². The van der Waals surface area contributed by atoms with E-state index >= 15 is 0 Å². The van der Waals surface area contributed by atoms with E-state index in [0.29, 0.717) is 18.0 Å². The standard InChI is InChI=1S/C34H49N3O3S/c1-4-7-8-9-10-11-12-13-14-15-28-40-33-24-26-34(27-25-33)41(38,39)36-31-18-16-29(17-19-31)35-30-20-22-32(23-21-30)37(5-2)6-3/h16-27,35-36H,4-15,28H2,1-3H3. The van der Waals surface area contributed by atoms with Crippen LogP contribution in [0.5, 0.6) is 5.75 Å². The number of nitrogens with one attached hydrogen (secondary N) is 2. The molecule has 0 saturated heterocycles. The van der Waals surface area contributed by atoms with Crippen molar-refractivity contribution < 1.29 is 13.2 Å². The lowest BCUT2D eigenvalue weighted by atomic mass is 10.1. The largest absolute Gasteiger partial charge is 0.494 e. The highest BCUT2D eigenvalue weighted by atomic mass is 32.2. The van der Waals surface area contributed by atoms with Crippen molar-refractivity contribution in [3.63, 3.8) is 0 Å². The van der Waals surface area contributed by atoms with Gasteiger partial charge in [-0.05, 0) is 93.1 Å². The molecule has 0 aromatic heterocycles. The molecule has 0 amide bonds. The van der Waals surface area contributed by atoms with Gasteiger partial charge in [-0.25, -0.2) is 8.42 Å². The van der Waals surface area contributed by atoms with Crippen molar-refractivity contribution in [2.24, 2.45) is 0 Å². The van der Waals surface area contributed by atoms with E-state index in [-0.39, 0.29) is 4.90 Å². The van der Waals surface area contributed by atoms with E-state index in [1.54, 1.807) is 36.4 Å². The molecule has 3 aromatic rings. The number of benzene rings is 3. The average molecular weight is 580 g/mol. The molecule has 41 heavy (non-hydrogen) atoms. The second kappa shape index (κ2) is 17.6. The molecule has 2 N–H and O–H groups in total. The molecule has 0 saturated carbocycles. The zero-order valence-electron chi connectivity index (χ0n) is 25.2. The fourth-order valence-corrected chi connectivity index (χ4v) is 5.90. The maximum absolute atomic E-state index is 12.9. The second-order valence-electron chi connectivity index (χ2n) is 10.5. The molecule has 6 nitrogen and oxygen atoms in total. The molecule has 7 heteroatoms. The van der Waals surface area contributed by atoms with Crippen molar-refractivity contribution in [1.29, 1.82) is 0 Å². The summed E-state index contributed by atoms with van der Waals surface area (Å²) in [6, 6.07) is 22.2. The summed E-state index contributed by atoms with van der Waals surface area (Å²) in [6.45, 7) is 9.14. The van der Waals surface area contributed by atoms with Crippen LogP contribution in [0, 0.1) is 0 Å². The van der Waals surface area contributed by atoms with Crippen molar-refractivity contribution in [2.75, 3.05) is 34.6 Å². The molecule has 0 fully saturated rings. The van der Waals surface area contributed by atoms with E-state index in [2.05, 4.69) is 60.0 Å². The quantitative estimate of drug-likeness (QED) is 0.131. The number of anilines is 4. The Morgan fingerprint density at radius 3 is 1.63 bits per heavy atom. The fraction of sp³-hybridized carbons (Fsp3) is 0.471. The summed E-state index contributed by atoms with van der Waals surface area (Å²) < 4.78 is 34.3. The molecule has 0 heterocycles. The van der Waals surface area contributed by atoms with Gasteiger partial charge in [0, 0.05) is 35.8 Å². The third-order valence-electron chi connectivity index (χ3n) is 7.32. The molecule has 3 rings (SSSR count). The Morgan fingerprint density at radius 2 is 1.10 bits per heavy atom. The van der Waals surface area contributed by atoms with Gasteiger partial charge in [-0.2, -0.15) is 0 Å². The zero-order valence-corrected chi connectivity index (χ0v) is 26.0. The Kier molecular flexibility index (Phi) is 13.9. The lowest BCUT2D eigenvalue weighted by Crippen LogP contribution is -2.21. The molecular weight excluding hydrogens is 530 g/mol. The van der Waals surface area contributed by atoms with Gasteiger partial charge < -0.3 is 15.0 Å². The summed E-state index contributed by atoms with van der Waals surface area (Å²) in [5.41, 5.74) is 3.56. The number of ether oxygens (including phenoxy) is 1. The first-order valence-electron chi connectivity index (χ1n) is 15.4. The summed E-state index contributed by atoms with van der Waals surface area (Å²) in [7, 11) is -3.70. The molecule has 0 aliphatic rings. The fourth-order valence-electron chi connectivity index (χ4n) is 4.84. The van der Waals surface area contributed by atoms with Crippen molar-refractivity contribution in [2.45, 2.75) is 89.9 Å². The van der Waals surface area contributed by atoms with Crippen LogP contribution < -0.4 is 19.7 Å². The van der Waals surface area contributed by atoms with Gasteiger partial charge in [-0.15, -0.1) is 0 Å². The predicted octanol–water partition coefficient (Wildman–Crippen LogP) is 9.38. The third kappa shape index (κ3) is 11.3. The van der Waals surface area contributed by atoms with E-state index in [1.165, 1.54) is 63.5 Å². The minimum atomic E-state index is -3.70. The number of rotatable bonds is 20. The lowest BCUT2D eigenvalue weighted by molar-refractivity contribution is 0.304. The van der Waals surface area contributed by atoms with Crippen LogP contribution in [0.25, 0.3) is 0 Å². The summed E-state index contributed by atoms with van der Waals surface area (Å²) >= 11 is 0. The SMILES string of the molecule is CCCCCCCCCCCCOc1ccc(S(=O)(=O)Nc2ccc(Nc3ccc(N(CC)CC)cc3)cc2)cc1. The van der Waals surface area contributed by atoms with Crippen molar-refractivity contribution in [3.05, 3.63) is 72.8 Å². The molecule has 0 aliphatic heterocycles. The minimum absolute atomic E-state index is 0.208. The van der Waals surface area contributed by atoms with Gasteiger partial charge in [0.2, 0.25) is 0 Å². The first kappa shape index (κ1) is 32.3. The number of sulfonamides is 1. The summed E-state index contributed by atoms with van der Waals surface area (Å²) in [5.74, 6) is 0.695.